The Bertz CT molecular complexity index is 926. The molecule has 1 heterocycles. The molecule has 0 aliphatic rings. The van der Waals surface area contributed by atoms with Gasteiger partial charge in [0.2, 0.25) is 5.91 Å². The molecule has 0 saturated carbocycles. The van der Waals surface area contributed by atoms with Crippen molar-refractivity contribution in [1.82, 2.24) is 15.6 Å². The van der Waals surface area contributed by atoms with Gasteiger partial charge in [0.1, 0.15) is 23.1 Å². The van der Waals surface area contributed by atoms with Crippen LogP contribution in [0.2, 0.25) is 0 Å². The molecule has 2 aromatic rings. The Balaban J connectivity index is 1.74. The monoisotopic (exact) mass is 461 g/mol. The number of nitrogens with one attached hydrogen (secondary N) is 2. The number of ether oxygens (including phenoxy) is 2. The molecule has 0 unspecified atom stereocenters. The summed E-state index contributed by atoms with van der Waals surface area (Å²) in [6.07, 6.45) is 0.0958. The number of hydrogen-bond acceptors (Lipinski definition) is 7. The zero-order chi connectivity index (χ0) is 23.5. The summed E-state index contributed by atoms with van der Waals surface area (Å²) in [5, 5.41) is 7.76. The van der Waals surface area contributed by atoms with Crippen LogP contribution < -0.4 is 15.4 Å². The Labute approximate surface area is 192 Å². The van der Waals surface area contributed by atoms with Crippen LogP contribution in [0.15, 0.2) is 23.6 Å². The molecule has 0 radical (unpaired) electrons. The van der Waals surface area contributed by atoms with Gasteiger partial charge in [0.15, 0.2) is 0 Å². The number of esters is 1. The third kappa shape index (κ3) is 8.30. The van der Waals surface area contributed by atoms with Crippen LogP contribution in [0.3, 0.4) is 0 Å². The van der Waals surface area contributed by atoms with Crippen molar-refractivity contribution >= 4 is 29.1 Å². The minimum Gasteiger partial charge on any atom is -0.486 e. The fourth-order valence-corrected chi connectivity index (χ4v) is 3.56. The highest BCUT2D eigenvalue weighted by Crippen LogP contribution is 2.28. The van der Waals surface area contributed by atoms with E-state index in [2.05, 4.69) is 41.6 Å². The average Bonchev–Trinajstić information content (AvgIpc) is 3.23. The van der Waals surface area contributed by atoms with Crippen LogP contribution in [0.25, 0.3) is 0 Å². The van der Waals surface area contributed by atoms with E-state index in [1.807, 2.05) is 13.0 Å². The second-order valence-corrected chi connectivity index (χ2v) is 8.46. The molecule has 0 saturated heterocycles. The molecule has 0 fully saturated rings. The van der Waals surface area contributed by atoms with E-state index in [0.717, 1.165) is 16.9 Å². The molecule has 2 N–H and O–H groups in total. The van der Waals surface area contributed by atoms with Crippen LogP contribution in [0, 0.1) is 6.92 Å². The maximum atomic E-state index is 12.3. The zero-order valence-electron chi connectivity index (χ0n) is 19.0. The van der Waals surface area contributed by atoms with Gasteiger partial charge in [0.05, 0.1) is 13.0 Å². The van der Waals surface area contributed by atoms with Crippen LogP contribution in [-0.2, 0) is 20.9 Å². The summed E-state index contributed by atoms with van der Waals surface area (Å²) < 4.78 is 10.7. The molecule has 9 heteroatoms. The summed E-state index contributed by atoms with van der Waals surface area (Å²) in [6.45, 7) is 9.07. The van der Waals surface area contributed by atoms with Gasteiger partial charge in [0, 0.05) is 24.9 Å². The van der Waals surface area contributed by atoms with E-state index >= 15 is 0 Å². The SMILES string of the molecule is CCOC(=O)CCC(=O)NCCNC(=O)c1csc(COc2cc(C)ccc2C(C)C)n1. The molecule has 0 aliphatic heterocycles. The third-order valence-electron chi connectivity index (χ3n) is 4.52. The van der Waals surface area contributed by atoms with Gasteiger partial charge in [-0.15, -0.1) is 11.3 Å². The maximum Gasteiger partial charge on any atom is 0.306 e. The van der Waals surface area contributed by atoms with Crippen LogP contribution in [0.1, 0.15) is 66.2 Å². The largest absolute Gasteiger partial charge is 0.486 e. The first-order valence-corrected chi connectivity index (χ1v) is 11.6. The van der Waals surface area contributed by atoms with Crippen LogP contribution >= 0.6 is 11.3 Å². The Hall–Kier alpha value is -2.94. The van der Waals surface area contributed by atoms with Crippen molar-refractivity contribution in [3.05, 3.63) is 45.4 Å². The Morgan fingerprint density at radius 1 is 1.12 bits per heavy atom. The van der Waals surface area contributed by atoms with E-state index < -0.39 is 5.97 Å². The molecule has 174 valence electrons. The van der Waals surface area contributed by atoms with Crippen LogP contribution in [0.4, 0.5) is 0 Å². The minimum atomic E-state index is -0.401. The van der Waals surface area contributed by atoms with Crippen molar-refractivity contribution < 1.29 is 23.9 Å². The number of benzene rings is 1. The van der Waals surface area contributed by atoms with Gasteiger partial charge in [-0.25, -0.2) is 4.98 Å². The molecule has 1 aromatic heterocycles. The molecule has 8 nitrogen and oxygen atoms in total. The average molecular weight is 462 g/mol. The second-order valence-electron chi connectivity index (χ2n) is 7.52. The first kappa shape index (κ1) is 25.3. The first-order chi connectivity index (χ1) is 15.3. The third-order valence-corrected chi connectivity index (χ3v) is 5.34. The van der Waals surface area contributed by atoms with E-state index in [1.165, 1.54) is 11.3 Å². The first-order valence-electron chi connectivity index (χ1n) is 10.7. The van der Waals surface area contributed by atoms with Crippen LogP contribution in [-0.4, -0.2) is 42.5 Å². The molecule has 2 amide bonds. The lowest BCUT2D eigenvalue weighted by atomic mass is 10.0. The van der Waals surface area contributed by atoms with E-state index in [-0.39, 0.29) is 44.4 Å². The number of amides is 2. The summed E-state index contributed by atoms with van der Waals surface area (Å²) in [6, 6.07) is 6.15. The van der Waals surface area contributed by atoms with Gasteiger partial charge in [0.25, 0.3) is 5.91 Å². The normalized spacial score (nSPS) is 10.7. The molecule has 0 atom stereocenters. The predicted molar refractivity (Wildman–Crippen MR) is 123 cm³/mol. The van der Waals surface area contributed by atoms with Gasteiger partial charge < -0.3 is 20.1 Å². The molecule has 0 spiro atoms. The molecule has 1 aromatic carbocycles. The quantitative estimate of drug-likeness (QED) is 0.371. The second kappa shape index (κ2) is 12.8. The highest BCUT2D eigenvalue weighted by Gasteiger charge is 2.13. The highest BCUT2D eigenvalue weighted by molar-refractivity contribution is 7.09. The number of rotatable bonds is 12. The fraction of sp³-hybridized carbons (Fsp3) is 0.478. The van der Waals surface area contributed by atoms with Gasteiger partial charge in [-0.1, -0.05) is 26.0 Å². The van der Waals surface area contributed by atoms with Gasteiger partial charge in [-0.2, -0.15) is 0 Å². The number of hydrogen-bond donors (Lipinski definition) is 2. The smallest absolute Gasteiger partial charge is 0.306 e. The van der Waals surface area contributed by atoms with E-state index in [4.69, 9.17) is 9.47 Å². The summed E-state index contributed by atoms with van der Waals surface area (Å²) in [7, 11) is 0. The number of aromatic nitrogens is 1. The maximum absolute atomic E-state index is 12.3. The number of carbonyl (C=O) groups excluding carboxylic acids is 3. The van der Waals surface area contributed by atoms with E-state index in [9.17, 15) is 14.4 Å². The molecule has 2 rings (SSSR count). The lowest BCUT2D eigenvalue weighted by molar-refractivity contribution is -0.144. The van der Waals surface area contributed by atoms with Gasteiger partial charge in [-0.05, 0) is 37.0 Å². The number of thiazole rings is 1. The fourth-order valence-electron chi connectivity index (χ4n) is 2.87. The van der Waals surface area contributed by atoms with Crippen LogP contribution in [0.5, 0.6) is 5.75 Å². The standard InChI is InChI=1S/C23H31N3O5S/c1-5-30-22(28)9-8-20(27)24-10-11-25-23(29)18-14-32-21(26-18)13-31-19-12-16(4)6-7-17(19)15(2)3/h6-7,12,14-15H,5,8-11,13H2,1-4H3,(H,24,27)(H,25,29). The minimum absolute atomic E-state index is 0.0386. The number of carbonyl (C=O) groups is 3. The molecule has 0 bridgehead atoms. The summed E-state index contributed by atoms with van der Waals surface area (Å²) in [4.78, 5) is 39.5. The van der Waals surface area contributed by atoms with E-state index in [1.54, 1.807) is 12.3 Å². The number of nitrogens with zero attached hydrogens (tertiary/aromatic N) is 1. The van der Waals surface area contributed by atoms with E-state index in [0.29, 0.717) is 23.2 Å². The summed E-state index contributed by atoms with van der Waals surface area (Å²) >= 11 is 1.36. The topological polar surface area (TPSA) is 107 Å². The Morgan fingerprint density at radius 3 is 2.59 bits per heavy atom. The van der Waals surface area contributed by atoms with Gasteiger partial charge in [-0.3, -0.25) is 14.4 Å². The molecule has 32 heavy (non-hydrogen) atoms. The van der Waals surface area contributed by atoms with Crippen molar-refractivity contribution in [2.45, 2.75) is 53.1 Å². The van der Waals surface area contributed by atoms with Gasteiger partial charge >= 0.3 is 5.97 Å². The molecular weight excluding hydrogens is 430 g/mol. The Kier molecular flexibility index (Phi) is 10.1. The van der Waals surface area contributed by atoms with Crippen molar-refractivity contribution in [2.75, 3.05) is 19.7 Å². The highest BCUT2D eigenvalue weighted by atomic mass is 32.1. The van der Waals surface area contributed by atoms with Crippen molar-refractivity contribution in [2.24, 2.45) is 0 Å². The number of aryl methyl sites for hydroxylation is 1. The summed E-state index contributed by atoms with van der Waals surface area (Å²) in [5.74, 6) is 0.194. The molecule has 0 aliphatic carbocycles. The zero-order valence-corrected chi connectivity index (χ0v) is 19.8. The Morgan fingerprint density at radius 2 is 1.88 bits per heavy atom. The lowest BCUT2D eigenvalue weighted by Gasteiger charge is -2.14. The molecular formula is C23H31N3O5S. The van der Waals surface area contributed by atoms with Crippen molar-refractivity contribution in [3.63, 3.8) is 0 Å². The predicted octanol–water partition coefficient (Wildman–Crippen LogP) is 3.34. The van der Waals surface area contributed by atoms with Crippen molar-refractivity contribution in [3.8, 4) is 5.75 Å². The van der Waals surface area contributed by atoms with Crippen molar-refractivity contribution in [1.29, 1.82) is 0 Å². The summed E-state index contributed by atoms with van der Waals surface area (Å²) in [5.41, 5.74) is 2.57. The lowest BCUT2D eigenvalue weighted by Crippen LogP contribution is -2.35.